The van der Waals surface area contributed by atoms with E-state index >= 15 is 0 Å². The summed E-state index contributed by atoms with van der Waals surface area (Å²) in [5, 5.41) is 65.3. The van der Waals surface area contributed by atoms with Gasteiger partial charge in [-0.2, -0.15) is 0 Å². The zero-order valence-electron chi connectivity index (χ0n) is 20.9. The van der Waals surface area contributed by atoms with E-state index < -0.39 is 42.5 Å². The van der Waals surface area contributed by atoms with Crippen molar-refractivity contribution < 1.29 is 49.6 Å². The highest BCUT2D eigenvalue weighted by atomic mass is 16.5. The lowest BCUT2D eigenvalue weighted by Gasteiger charge is -2.45. The fraction of sp³-hybridized carbons (Fsp3) is 0.462. The van der Waals surface area contributed by atoms with Crippen molar-refractivity contribution in [3.05, 3.63) is 60.2 Å². The van der Waals surface area contributed by atoms with E-state index in [9.17, 15) is 30.6 Å². The summed E-state index contributed by atoms with van der Waals surface area (Å²) >= 11 is 0. The van der Waals surface area contributed by atoms with Crippen molar-refractivity contribution in [2.24, 2.45) is 0 Å². The molecule has 0 aromatic heterocycles. The average molecular weight is 509 g/mol. The molecule has 0 spiro atoms. The predicted molar refractivity (Wildman–Crippen MR) is 132 cm³/mol. The maximum Gasteiger partial charge on any atom is 0.164 e. The monoisotopic (exact) mass is 508 g/mol. The zero-order chi connectivity index (χ0) is 27.1. The van der Waals surface area contributed by atoms with Crippen molar-refractivity contribution in [1.29, 1.82) is 0 Å². The van der Waals surface area contributed by atoms with Crippen LogP contribution in [0, 0.1) is 0 Å². The quantitative estimate of drug-likeness (QED) is 0.195. The van der Waals surface area contributed by atoms with Crippen molar-refractivity contribution in [3.63, 3.8) is 0 Å². The molecule has 6 N–H and O–H groups in total. The van der Waals surface area contributed by atoms with Gasteiger partial charge in [-0.25, -0.2) is 0 Å². The Morgan fingerprint density at radius 3 is 1.67 bits per heavy atom. The van der Waals surface area contributed by atoms with Gasteiger partial charge < -0.3 is 49.6 Å². The molecular weight excluding hydrogens is 472 g/mol. The molecule has 0 aliphatic heterocycles. The van der Waals surface area contributed by atoms with E-state index in [1.165, 1.54) is 28.4 Å². The van der Waals surface area contributed by atoms with E-state index in [2.05, 4.69) is 6.58 Å². The topological polar surface area (TPSA) is 158 Å². The lowest BCUT2D eigenvalue weighted by molar-refractivity contribution is -0.218. The summed E-state index contributed by atoms with van der Waals surface area (Å²) < 4.78 is 21.4. The first-order chi connectivity index (χ1) is 17.1. The minimum Gasteiger partial charge on any atom is -0.493 e. The first kappa shape index (κ1) is 29.4. The Bertz CT molecular complexity index is 1010. The van der Waals surface area contributed by atoms with E-state index in [1.807, 2.05) is 0 Å². The van der Waals surface area contributed by atoms with Crippen LogP contribution in [0.3, 0.4) is 0 Å². The van der Waals surface area contributed by atoms with Crippen LogP contribution in [0.15, 0.2) is 49.1 Å². The Balaban J connectivity index is 2.62. The van der Waals surface area contributed by atoms with Crippen LogP contribution >= 0.6 is 0 Å². The van der Waals surface area contributed by atoms with Gasteiger partial charge in [-0.15, -0.1) is 6.58 Å². The average Bonchev–Trinajstić information content (AvgIpc) is 2.90. The van der Waals surface area contributed by atoms with Gasteiger partial charge in [0.1, 0.15) is 29.5 Å². The normalized spacial score (nSPS) is 17.2. The second kappa shape index (κ2) is 12.4. The van der Waals surface area contributed by atoms with Crippen LogP contribution in [0.4, 0.5) is 0 Å². The number of aliphatic hydroxyl groups excluding tert-OH is 4. The molecule has 0 bridgehead atoms. The first-order valence-corrected chi connectivity index (χ1v) is 11.2. The largest absolute Gasteiger partial charge is 0.493 e. The molecule has 2 rings (SSSR count). The Morgan fingerprint density at radius 2 is 1.28 bits per heavy atom. The van der Waals surface area contributed by atoms with Crippen molar-refractivity contribution in [2.75, 3.05) is 35.0 Å². The summed E-state index contributed by atoms with van der Waals surface area (Å²) in [5.74, 6) is 1.21. The van der Waals surface area contributed by atoms with Gasteiger partial charge in [0.2, 0.25) is 0 Å². The second-order valence-electron chi connectivity index (χ2n) is 8.44. The molecule has 10 heteroatoms. The fourth-order valence-electron chi connectivity index (χ4n) is 4.31. The van der Waals surface area contributed by atoms with Gasteiger partial charge in [0, 0.05) is 24.0 Å². The third kappa shape index (κ3) is 5.75. The minimum atomic E-state index is -2.60. The van der Waals surface area contributed by atoms with E-state index in [1.54, 1.807) is 36.4 Å². The van der Waals surface area contributed by atoms with E-state index in [0.717, 1.165) is 6.08 Å². The highest BCUT2D eigenvalue weighted by Crippen LogP contribution is 2.40. The molecule has 0 aliphatic carbocycles. The second-order valence-corrected chi connectivity index (χ2v) is 8.44. The van der Waals surface area contributed by atoms with Crippen LogP contribution < -0.4 is 18.9 Å². The molecule has 0 aliphatic rings. The molecule has 0 heterocycles. The Hall–Kier alpha value is -2.86. The summed E-state index contributed by atoms with van der Waals surface area (Å²) in [6.07, 6.45) is -5.84. The number of aliphatic hydroxyl groups is 6. The van der Waals surface area contributed by atoms with E-state index in [0.29, 0.717) is 28.4 Å². The van der Waals surface area contributed by atoms with E-state index in [4.69, 9.17) is 18.9 Å². The van der Waals surface area contributed by atoms with Gasteiger partial charge in [0.25, 0.3) is 0 Å². The van der Waals surface area contributed by atoms with Gasteiger partial charge in [-0.1, -0.05) is 30.3 Å². The van der Waals surface area contributed by atoms with Crippen molar-refractivity contribution in [1.82, 2.24) is 0 Å². The molecule has 2 aromatic carbocycles. The number of hydrogen-bond acceptors (Lipinski definition) is 10. The molecule has 5 atom stereocenters. The summed E-state index contributed by atoms with van der Waals surface area (Å²) in [7, 11) is 5.66. The third-order valence-corrected chi connectivity index (χ3v) is 6.28. The van der Waals surface area contributed by atoms with E-state index in [-0.39, 0.29) is 12.2 Å². The molecule has 0 saturated carbocycles. The maximum atomic E-state index is 11.7. The molecule has 0 radical (unpaired) electrons. The molecule has 36 heavy (non-hydrogen) atoms. The number of rotatable bonds is 14. The third-order valence-electron chi connectivity index (χ3n) is 6.28. The van der Waals surface area contributed by atoms with Crippen molar-refractivity contribution in [2.45, 2.75) is 42.4 Å². The number of ether oxygens (including phenoxy) is 4. The number of methoxy groups -OCH3 is 4. The molecule has 1 unspecified atom stereocenters. The number of para-hydroxylation sites is 2. The molecule has 10 nitrogen and oxygen atoms in total. The van der Waals surface area contributed by atoms with Gasteiger partial charge in [0.05, 0.1) is 35.0 Å². The molecule has 2 aromatic rings. The highest BCUT2D eigenvalue weighted by Gasteiger charge is 2.54. The van der Waals surface area contributed by atoms with Crippen LogP contribution in [0.5, 0.6) is 23.0 Å². The van der Waals surface area contributed by atoms with Crippen molar-refractivity contribution in [3.8, 4) is 23.0 Å². The predicted octanol–water partition coefficient (Wildman–Crippen LogP) is 0.229. The molecule has 200 valence electrons. The summed E-state index contributed by atoms with van der Waals surface area (Å²) in [5.41, 5.74) is -4.13. The van der Waals surface area contributed by atoms with Gasteiger partial charge >= 0.3 is 0 Å². The first-order valence-electron chi connectivity index (χ1n) is 11.2. The van der Waals surface area contributed by atoms with Crippen LogP contribution in [0.25, 0.3) is 0 Å². The number of benzene rings is 2. The summed E-state index contributed by atoms with van der Waals surface area (Å²) in [6, 6.07) is 9.73. The zero-order valence-corrected chi connectivity index (χ0v) is 20.9. The summed E-state index contributed by atoms with van der Waals surface area (Å²) in [4.78, 5) is 0. The van der Waals surface area contributed by atoms with Crippen LogP contribution in [-0.2, 0) is 12.8 Å². The highest BCUT2D eigenvalue weighted by molar-refractivity contribution is 5.49. The molecule has 0 saturated heterocycles. The Labute approximate surface area is 210 Å². The summed E-state index contributed by atoms with van der Waals surface area (Å²) in [6.45, 7) is 2.71. The lowest BCUT2D eigenvalue weighted by Crippen LogP contribution is -2.66. The lowest BCUT2D eigenvalue weighted by atomic mass is 9.73. The van der Waals surface area contributed by atoms with Crippen LogP contribution in [0.2, 0.25) is 0 Å². The van der Waals surface area contributed by atoms with Gasteiger partial charge in [-0.3, -0.25) is 0 Å². The minimum absolute atomic E-state index is 0.216. The fourth-order valence-corrected chi connectivity index (χ4v) is 4.31. The molecular formula is C26H36O10. The van der Waals surface area contributed by atoms with Crippen molar-refractivity contribution >= 4 is 0 Å². The Kier molecular flexibility index (Phi) is 10.1. The standard InChI is InChI=1S/C26H36O10/c1-6-25(31,13-16-9-7-11-19(33-2)21(16)35-4)24(30)26(32,23(29)18(28)15-27)14-17-10-8-12-20(34-3)22(17)36-5/h6-12,18,23-24,27-32H,1,13-15H2,2-5H3/t18-,23+,24+,25?,26+/m0/s1. The van der Waals surface area contributed by atoms with Crippen LogP contribution in [0.1, 0.15) is 11.1 Å². The smallest absolute Gasteiger partial charge is 0.164 e. The SMILES string of the molecule is C=CC(O)(Cc1cccc(OC)c1OC)[C@@H](O)[C@@](O)(Cc1cccc(OC)c1OC)[C@H](O)[C@@H](O)CO. The molecule has 0 amide bonds. The maximum absolute atomic E-state index is 11.7. The molecule has 0 fully saturated rings. The number of hydrogen-bond donors (Lipinski definition) is 6. The van der Waals surface area contributed by atoms with Gasteiger partial charge in [-0.05, 0) is 12.1 Å². The van der Waals surface area contributed by atoms with Gasteiger partial charge in [0.15, 0.2) is 23.0 Å². The van der Waals surface area contributed by atoms with Crippen LogP contribution in [-0.4, -0.2) is 95.2 Å². The Morgan fingerprint density at radius 1 is 0.806 bits per heavy atom.